The number of nitrogens with two attached hydrogens (primary N) is 1. The third-order valence-corrected chi connectivity index (χ3v) is 4.83. The average molecular weight is 398 g/mol. The Morgan fingerprint density at radius 1 is 1.24 bits per heavy atom. The van der Waals surface area contributed by atoms with E-state index in [1.807, 2.05) is 4.90 Å². The summed E-state index contributed by atoms with van der Waals surface area (Å²) >= 11 is 0. The molecule has 3 rings (SSSR count). The summed E-state index contributed by atoms with van der Waals surface area (Å²) in [6.45, 7) is 4.23. The molecular weight excluding hydrogens is 376 g/mol. The summed E-state index contributed by atoms with van der Waals surface area (Å²) in [6, 6.07) is 10.3. The van der Waals surface area contributed by atoms with Crippen LogP contribution >= 0.6 is 0 Å². The van der Waals surface area contributed by atoms with E-state index in [1.165, 1.54) is 17.0 Å². The van der Waals surface area contributed by atoms with Crippen molar-refractivity contribution in [2.45, 2.75) is 19.9 Å². The van der Waals surface area contributed by atoms with Crippen molar-refractivity contribution in [2.24, 2.45) is 0 Å². The van der Waals surface area contributed by atoms with E-state index in [9.17, 15) is 19.7 Å². The zero-order valence-corrected chi connectivity index (χ0v) is 16.2. The molecule has 152 valence electrons. The first-order valence-corrected chi connectivity index (χ1v) is 9.22. The zero-order chi connectivity index (χ0) is 21.1. The molecule has 0 saturated carbocycles. The second-order valence-electron chi connectivity index (χ2n) is 6.63. The maximum absolute atomic E-state index is 13.2. The van der Waals surface area contributed by atoms with Crippen LogP contribution in [0.15, 0.2) is 42.5 Å². The van der Waals surface area contributed by atoms with Gasteiger partial charge >= 0.3 is 5.97 Å². The number of hydrogen-bond acceptors (Lipinski definition) is 7. The molecule has 29 heavy (non-hydrogen) atoms. The predicted octanol–water partition coefficient (Wildman–Crippen LogP) is 2.72. The molecule has 2 N–H and O–H groups in total. The molecule has 1 amide bonds. The first kappa shape index (κ1) is 20.1. The summed E-state index contributed by atoms with van der Waals surface area (Å²) in [6.07, 6.45) is 0. The number of anilines is 3. The molecule has 0 saturated heterocycles. The van der Waals surface area contributed by atoms with Crippen LogP contribution in [0, 0.1) is 10.1 Å². The van der Waals surface area contributed by atoms with Crippen molar-refractivity contribution in [3.8, 4) is 0 Å². The summed E-state index contributed by atoms with van der Waals surface area (Å²) in [4.78, 5) is 39.2. The van der Waals surface area contributed by atoms with E-state index in [-0.39, 0.29) is 24.7 Å². The van der Waals surface area contributed by atoms with E-state index in [4.69, 9.17) is 10.5 Å². The molecule has 1 aliphatic rings. The fourth-order valence-corrected chi connectivity index (χ4v) is 3.33. The van der Waals surface area contributed by atoms with Gasteiger partial charge < -0.3 is 20.3 Å². The molecule has 0 bridgehead atoms. The van der Waals surface area contributed by atoms with Crippen molar-refractivity contribution >= 4 is 34.6 Å². The largest absolute Gasteiger partial charge is 0.464 e. The van der Waals surface area contributed by atoms with Crippen LogP contribution in [0.25, 0.3) is 0 Å². The highest BCUT2D eigenvalue weighted by molar-refractivity contribution is 6.03. The number of ether oxygens (including phenoxy) is 1. The van der Waals surface area contributed by atoms with Crippen molar-refractivity contribution in [2.75, 3.05) is 30.3 Å². The van der Waals surface area contributed by atoms with E-state index >= 15 is 0 Å². The topological polar surface area (TPSA) is 119 Å². The molecule has 0 spiro atoms. The minimum Gasteiger partial charge on any atom is -0.464 e. The van der Waals surface area contributed by atoms with Crippen LogP contribution in [-0.4, -0.2) is 47.4 Å². The molecule has 9 heteroatoms. The van der Waals surface area contributed by atoms with Gasteiger partial charge in [0.05, 0.1) is 22.8 Å². The quantitative estimate of drug-likeness (QED) is 0.356. The van der Waals surface area contributed by atoms with Gasteiger partial charge in [0, 0.05) is 36.6 Å². The van der Waals surface area contributed by atoms with E-state index in [1.54, 1.807) is 44.2 Å². The number of non-ortho nitro benzene ring substituents is 1. The maximum Gasteiger partial charge on any atom is 0.328 e. The van der Waals surface area contributed by atoms with Gasteiger partial charge in [-0.15, -0.1) is 0 Å². The van der Waals surface area contributed by atoms with Gasteiger partial charge in [0.25, 0.3) is 11.6 Å². The molecule has 0 aromatic heterocycles. The number of amides is 1. The fraction of sp³-hybridized carbons (Fsp3) is 0.300. The van der Waals surface area contributed by atoms with E-state index < -0.39 is 16.9 Å². The maximum atomic E-state index is 13.2. The Labute approximate surface area is 167 Å². The first-order valence-electron chi connectivity index (χ1n) is 9.22. The number of fused-ring (bicyclic) bond motifs is 1. The van der Waals surface area contributed by atoms with Gasteiger partial charge in [-0.1, -0.05) is 0 Å². The molecule has 1 aliphatic heterocycles. The molecule has 2 aromatic carbocycles. The summed E-state index contributed by atoms with van der Waals surface area (Å²) in [7, 11) is 0. The average Bonchev–Trinajstić information content (AvgIpc) is 2.84. The van der Waals surface area contributed by atoms with Crippen LogP contribution in [0.4, 0.5) is 22.7 Å². The SMILES string of the molecule is CCOC(=O)C(C)N1CCN(c2ccc([N+](=O)[O-])cc2)c2ccc(N)cc2C1=O. The standard InChI is InChI=1S/C20H22N4O5/c1-3-29-20(26)13(2)22-10-11-23(15-5-7-16(8-6-15)24(27)28)18-9-4-14(21)12-17(18)19(22)25/h4-9,12-13H,3,10-11,21H2,1-2H3. The molecule has 1 atom stereocenters. The molecule has 0 fully saturated rings. The number of esters is 1. The number of benzene rings is 2. The van der Waals surface area contributed by atoms with Crippen LogP contribution in [0.1, 0.15) is 24.2 Å². The van der Waals surface area contributed by atoms with Gasteiger partial charge in [0.2, 0.25) is 0 Å². The second-order valence-corrected chi connectivity index (χ2v) is 6.63. The van der Waals surface area contributed by atoms with Crippen molar-refractivity contribution < 1.29 is 19.2 Å². The third kappa shape index (κ3) is 3.98. The van der Waals surface area contributed by atoms with Gasteiger partial charge in [0.15, 0.2) is 0 Å². The van der Waals surface area contributed by atoms with Gasteiger partial charge in [-0.25, -0.2) is 4.79 Å². The van der Waals surface area contributed by atoms with Gasteiger partial charge in [-0.2, -0.15) is 0 Å². The van der Waals surface area contributed by atoms with E-state index in [0.29, 0.717) is 29.2 Å². The molecule has 0 radical (unpaired) electrons. The number of carbonyl (C=O) groups excluding carboxylic acids is 2. The fourth-order valence-electron chi connectivity index (χ4n) is 3.33. The predicted molar refractivity (Wildman–Crippen MR) is 108 cm³/mol. The summed E-state index contributed by atoms with van der Waals surface area (Å²) in [5.74, 6) is -0.799. The zero-order valence-electron chi connectivity index (χ0n) is 16.2. The van der Waals surface area contributed by atoms with Crippen molar-refractivity contribution in [3.63, 3.8) is 0 Å². The Morgan fingerprint density at radius 3 is 2.55 bits per heavy atom. The van der Waals surface area contributed by atoms with Crippen molar-refractivity contribution in [1.82, 2.24) is 4.90 Å². The summed E-state index contributed by atoms with van der Waals surface area (Å²) < 4.78 is 5.07. The highest BCUT2D eigenvalue weighted by Gasteiger charge is 2.33. The minimum atomic E-state index is -0.756. The van der Waals surface area contributed by atoms with Crippen LogP contribution in [0.2, 0.25) is 0 Å². The lowest BCUT2D eigenvalue weighted by molar-refractivity contribution is -0.384. The monoisotopic (exact) mass is 398 g/mol. The van der Waals surface area contributed by atoms with Gasteiger partial charge in [-0.3, -0.25) is 14.9 Å². The second kappa shape index (κ2) is 8.17. The first-order chi connectivity index (χ1) is 13.8. The van der Waals surface area contributed by atoms with Crippen LogP contribution in [0.5, 0.6) is 0 Å². The van der Waals surface area contributed by atoms with E-state index in [2.05, 4.69) is 0 Å². The Balaban J connectivity index is 2.02. The van der Waals surface area contributed by atoms with Gasteiger partial charge in [-0.05, 0) is 44.2 Å². The molecule has 1 heterocycles. The Morgan fingerprint density at radius 2 is 1.93 bits per heavy atom. The number of carbonyl (C=O) groups is 2. The molecular formula is C20H22N4O5. The van der Waals surface area contributed by atoms with Crippen LogP contribution in [-0.2, 0) is 9.53 Å². The number of rotatable bonds is 5. The lowest BCUT2D eigenvalue weighted by Gasteiger charge is -2.27. The molecule has 1 unspecified atom stereocenters. The minimum absolute atomic E-state index is 0.0188. The molecule has 2 aromatic rings. The Bertz CT molecular complexity index is 944. The number of nitrogen functional groups attached to an aromatic ring is 1. The smallest absolute Gasteiger partial charge is 0.328 e. The number of hydrogen-bond donors (Lipinski definition) is 1. The number of nitrogens with zero attached hydrogens (tertiary/aromatic N) is 3. The van der Waals surface area contributed by atoms with Crippen LogP contribution in [0.3, 0.4) is 0 Å². The Kier molecular flexibility index (Phi) is 5.67. The normalized spacial score (nSPS) is 14.8. The summed E-state index contributed by atoms with van der Waals surface area (Å²) in [5, 5.41) is 10.9. The van der Waals surface area contributed by atoms with Crippen molar-refractivity contribution in [3.05, 3.63) is 58.1 Å². The molecule has 9 nitrogen and oxygen atoms in total. The lowest BCUT2D eigenvalue weighted by atomic mass is 10.1. The highest BCUT2D eigenvalue weighted by atomic mass is 16.6. The summed E-state index contributed by atoms with van der Waals surface area (Å²) in [5.41, 5.74) is 7.98. The van der Waals surface area contributed by atoms with Gasteiger partial charge in [0.1, 0.15) is 6.04 Å². The Hall–Kier alpha value is -3.62. The third-order valence-electron chi connectivity index (χ3n) is 4.83. The van der Waals surface area contributed by atoms with Crippen LogP contribution < -0.4 is 10.6 Å². The lowest BCUT2D eigenvalue weighted by Crippen LogP contribution is -2.45. The van der Waals surface area contributed by atoms with E-state index in [0.717, 1.165) is 0 Å². The highest BCUT2D eigenvalue weighted by Crippen LogP contribution is 2.34. The molecule has 0 aliphatic carbocycles. The number of nitro groups is 1. The van der Waals surface area contributed by atoms with Crippen molar-refractivity contribution in [1.29, 1.82) is 0 Å². The number of nitro benzene ring substituents is 1.